The molecule has 4 aromatic carbocycles. The molecule has 47 heavy (non-hydrogen) atoms. The van der Waals surface area contributed by atoms with Gasteiger partial charge in [-0.05, 0) is 48.2 Å². The van der Waals surface area contributed by atoms with E-state index in [0.717, 1.165) is 30.7 Å². The van der Waals surface area contributed by atoms with Gasteiger partial charge in [0.1, 0.15) is 24.1 Å². The van der Waals surface area contributed by atoms with Crippen LogP contribution in [-0.4, -0.2) is 53.3 Å². The zero-order chi connectivity index (χ0) is 31.0. The number of benzene rings is 4. The molecular formula is C40H36N6O. The van der Waals surface area contributed by atoms with E-state index in [0.29, 0.717) is 0 Å². The Morgan fingerprint density at radius 3 is 2.11 bits per heavy atom. The molecule has 5 atom stereocenters. The Labute approximate surface area is 274 Å². The molecule has 0 radical (unpaired) electrons. The summed E-state index contributed by atoms with van der Waals surface area (Å²) in [6.07, 6.45) is 15.3. The number of rotatable bonds is 1. The van der Waals surface area contributed by atoms with E-state index >= 15 is 0 Å². The Bertz CT molecular complexity index is 2220. The maximum atomic E-state index is 6.83. The molecule has 0 saturated carbocycles. The van der Waals surface area contributed by atoms with E-state index in [4.69, 9.17) is 4.42 Å². The third-order valence-corrected chi connectivity index (χ3v) is 11.8. The summed E-state index contributed by atoms with van der Waals surface area (Å²) in [6, 6.07) is 31.3. The van der Waals surface area contributed by atoms with Gasteiger partial charge < -0.3 is 33.8 Å². The van der Waals surface area contributed by atoms with E-state index < -0.39 is 0 Å². The highest BCUT2D eigenvalue weighted by Crippen LogP contribution is 2.67. The number of hydrogen-bond acceptors (Lipinski definition) is 7. The van der Waals surface area contributed by atoms with Crippen LogP contribution in [0, 0.1) is 12.3 Å². The van der Waals surface area contributed by atoms with Gasteiger partial charge in [-0.3, -0.25) is 0 Å². The van der Waals surface area contributed by atoms with Crippen molar-refractivity contribution in [3.05, 3.63) is 139 Å². The fraction of sp³-hybridized carbons (Fsp3) is 0.250. The third-order valence-electron chi connectivity index (χ3n) is 11.8. The van der Waals surface area contributed by atoms with Crippen molar-refractivity contribution in [3.63, 3.8) is 0 Å². The predicted octanol–water partition coefficient (Wildman–Crippen LogP) is 7.53. The maximum Gasteiger partial charge on any atom is 0.159 e. The number of nitrogens with zero attached hydrogens (tertiary/aromatic N) is 6. The van der Waals surface area contributed by atoms with Crippen molar-refractivity contribution in [3.8, 4) is 0 Å². The van der Waals surface area contributed by atoms with Crippen molar-refractivity contribution in [2.45, 2.75) is 37.8 Å². The monoisotopic (exact) mass is 616 g/mol. The third kappa shape index (κ3) is 3.04. The molecule has 0 amide bonds. The summed E-state index contributed by atoms with van der Waals surface area (Å²) in [4.78, 5) is 15.6. The van der Waals surface area contributed by atoms with Gasteiger partial charge in [-0.25, -0.2) is 0 Å². The molecule has 0 bridgehead atoms. The lowest BCUT2D eigenvalue weighted by molar-refractivity contribution is -0.0566. The molecule has 6 aliphatic heterocycles. The van der Waals surface area contributed by atoms with Crippen LogP contribution in [0.3, 0.4) is 0 Å². The first-order valence-corrected chi connectivity index (χ1v) is 16.9. The Hall–Kier alpha value is -5.30. The molecule has 7 heterocycles. The molecule has 232 valence electrons. The highest BCUT2D eigenvalue weighted by Gasteiger charge is 2.71. The standard InChI is InChI=1S/C40H36N6O/c1-26-10-3-6-13-31(26)44-24-21-42-18-9-19-43-22-25-45-32-14-7-4-12-29(32)34-30-17-16-28-27-11-5-8-15-33(27)47-36(28)35(30)46-23-20-41(2)37(46)40(34,38(42)44)39(43)45/h3-8,10-17,20-25,34,37-39H,9,18-19H2,1-2H3. The van der Waals surface area contributed by atoms with Crippen LogP contribution in [0.4, 0.5) is 17.1 Å². The van der Waals surface area contributed by atoms with Crippen molar-refractivity contribution >= 4 is 39.0 Å². The summed E-state index contributed by atoms with van der Waals surface area (Å²) in [5.74, 6) is 0.0792. The van der Waals surface area contributed by atoms with Crippen molar-refractivity contribution in [1.29, 1.82) is 0 Å². The van der Waals surface area contributed by atoms with E-state index in [9.17, 15) is 0 Å². The Balaban J connectivity index is 1.28. The molecule has 5 unspecified atom stereocenters. The fourth-order valence-corrected chi connectivity index (χ4v) is 10.3. The van der Waals surface area contributed by atoms with E-state index in [1.165, 1.54) is 44.5 Å². The second-order valence-electron chi connectivity index (χ2n) is 14.0. The zero-order valence-electron chi connectivity index (χ0n) is 26.6. The highest BCUT2D eigenvalue weighted by atomic mass is 16.3. The van der Waals surface area contributed by atoms with Gasteiger partial charge in [0.15, 0.2) is 5.58 Å². The number of fused-ring (bicyclic) bond motifs is 12. The zero-order valence-corrected chi connectivity index (χ0v) is 26.6. The summed E-state index contributed by atoms with van der Waals surface area (Å²) in [5, 5.41) is 2.35. The Morgan fingerprint density at radius 1 is 0.617 bits per heavy atom. The lowest BCUT2D eigenvalue weighted by atomic mass is 9.56. The first kappa shape index (κ1) is 25.8. The van der Waals surface area contributed by atoms with Crippen LogP contribution < -0.4 is 14.7 Å². The van der Waals surface area contributed by atoms with E-state index in [2.05, 4.69) is 165 Å². The summed E-state index contributed by atoms with van der Waals surface area (Å²) < 4.78 is 6.83. The summed E-state index contributed by atoms with van der Waals surface area (Å²) >= 11 is 0. The van der Waals surface area contributed by atoms with Gasteiger partial charge >= 0.3 is 0 Å². The SMILES string of the molecule is Cc1ccccc1N1C=CN2CCCN3C=CN4c5ccccc5C5c6ccc7c(oc8ccccc87)c6N6C=CN(C)C6C5(C21)C34. The topological polar surface area (TPSA) is 32.6 Å². The first-order chi connectivity index (χ1) is 23.2. The minimum Gasteiger partial charge on any atom is -0.454 e. The second-order valence-corrected chi connectivity index (χ2v) is 14.0. The highest BCUT2D eigenvalue weighted by molar-refractivity contribution is 6.10. The van der Waals surface area contributed by atoms with Crippen LogP contribution in [-0.2, 0) is 0 Å². The van der Waals surface area contributed by atoms with Crippen molar-refractivity contribution in [2.24, 2.45) is 5.41 Å². The van der Waals surface area contributed by atoms with Crippen LogP contribution in [0.2, 0.25) is 0 Å². The van der Waals surface area contributed by atoms with Gasteiger partial charge in [-0.15, -0.1) is 0 Å². The van der Waals surface area contributed by atoms with E-state index in [-0.39, 0.29) is 29.8 Å². The quantitative estimate of drug-likeness (QED) is 0.193. The molecule has 1 spiro atoms. The normalized spacial score (nSPS) is 28.0. The average Bonchev–Trinajstić information content (AvgIpc) is 3.88. The number of hydrogen-bond donors (Lipinski definition) is 0. The van der Waals surface area contributed by atoms with Crippen LogP contribution in [0.1, 0.15) is 29.0 Å². The number of furan rings is 1. The Kier molecular flexibility index (Phi) is 4.92. The molecule has 1 saturated heterocycles. The van der Waals surface area contributed by atoms with Crippen LogP contribution in [0.5, 0.6) is 0 Å². The fourth-order valence-electron chi connectivity index (χ4n) is 10.3. The van der Waals surface area contributed by atoms with Crippen LogP contribution in [0.25, 0.3) is 21.9 Å². The molecule has 1 fully saturated rings. The average molecular weight is 617 g/mol. The van der Waals surface area contributed by atoms with E-state index in [1.807, 2.05) is 0 Å². The van der Waals surface area contributed by atoms with Gasteiger partial charge in [-0.2, -0.15) is 0 Å². The van der Waals surface area contributed by atoms with Crippen molar-refractivity contribution < 1.29 is 4.42 Å². The lowest BCUT2D eigenvalue weighted by Crippen LogP contribution is -2.77. The number of para-hydroxylation sites is 3. The maximum absolute atomic E-state index is 6.83. The second kappa shape index (κ2) is 8.94. The summed E-state index contributed by atoms with van der Waals surface area (Å²) in [5.41, 5.74) is 9.34. The molecular weight excluding hydrogens is 580 g/mol. The molecule has 11 rings (SSSR count). The molecule has 5 aromatic rings. The van der Waals surface area contributed by atoms with Crippen molar-refractivity contribution in [2.75, 3.05) is 34.8 Å². The van der Waals surface area contributed by atoms with Crippen molar-refractivity contribution in [1.82, 2.24) is 14.7 Å². The summed E-state index contributed by atoms with van der Waals surface area (Å²) in [7, 11) is 2.28. The van der Waals surface area contributed by atoms with Crippen LogP contribution >= 0.6 is 0 Å². The van der Waals surface area contributed by atoms with Gasteiger partial charge in [0.05, 0.1) is 11.1 Å². The molecule has 7 nitrogen and oxygen atoms in total. The predicted molar refractivity (Wildman–Crippen MR) is 188 cm³/mol. The lowest BCUT2D eigenvalue weighted by Gasteiger charge is -2.66. The van der Waals surface area contributed by atoms with E-state index in [1.54, 1.807) is 0 Å². The minimum atomic E-state index is -0.352. The molecule has 0 N–H and O–H groups in total. The first-order valence-electron chi connectivity index (χ1n) is 16.9. The van der Waals surface area contributed by atoms with Gasteiger partial charge in [0.25, 0.3) is 0 Å². The Morgan fingerprint density at radius 2 is 1.30 bits per heavy atom. The van der Waals surface area contributed by atoms with Gasteiger partial charge in [0.2, 0.25) is 0 Å². The summed E-state index contributed by atoms with van der Waals surface area (Å²) in [6.45, 7) is 4.25. The van der Waals surface area contributed by atoms with Gasteiger partial charge in [-0.1, -0.05) is 66.7 Å². The molecule has 7 heteroatoms. The van der Waals surface area contributed by atoms with Gasteiger partial charge in [0, 0.05) is 85.4 Å². The minimum absolute atomic E-state index is 0.0130. The number of anilines is 3. The smallest absolute Gasteiger partial charge is 0.159 e. The van der Waals surface area contributed by atoms with Crippen LogP contribution in [0.15, 0.2) is 127 Å². The molecule has 0 aliphatic carbocycles. The largest absolute Gasteiger partial charge is 0.454 e. The molecule has 1 aromatic heterocycles. The molecule has 6 aliphatic rings. The number of aryl methyl sites for hydroxylation is 1.